The van der Waals surface area contributed by atoms with Crippen LogP contribution < -0.4 is 10.2 Å². The number of carbonyl (C=O) groups excluding carboxylic acids is 1. The van der Waals surface area contributed by atoms with E-state index >= 15 is 0 Å². The van der Waals surface area contributed by atoms with E-state index in [1.807, 2.05) is 31.1 Å². The Bertz CT molecular complexity index is 433. The van der Waals surface area contributed by atoms with E-state index in [9.17, 15) is 9.90 Å². The molecule has 0 unspecified atom stereocenters. The molecule has 1 aliphatic heterocycles. The summed E-state index contributed by atoms with van der Waals surface area (Å²) < 4.78 is 0. The monoisotopic (exact) mass is 264 g/mol. The molecule has 1 aromatic rings. The highest BCUT2D eigenvalue weighted by Crippen LogP contribution is 2.14. The standard InChI is InChI=1S/C13H20N4O2/c1-16(2)12-6-5-10(8-14-12)15-13(19)17-7-3-4-11(18)9-17/h5-6,8,11,18H,3-4,7,9H2,1-2H3,(H,15,19)/t11-/m1/s1. The second kappa shape index (κ2) is 5.88. The van der Waals surface area contributed by atoms with E-state index in [1.165, 1.54) is 0 Å². The Morgan fingerprint density at radius 1 is 1.53 bits per heavy atom. The number of aliphatic hydroxyl groups is 1. The van der Waals surface area contributed by atoms with E-state index in [0.29, 0.717) is 18.8 Å². The van der Waals surface area contributed by atoms with Gasteiger partial charge in [-0.3, -0.25) is 0 Å². The van der Waals surface area contributed by atoms with Crippen LogP contribution in [0.3, 0.4) is 0 Å². The van der Waals surface area contributed by atoms with Crippen LogP contribution >= 0.6 is 0 Å². The second-order valence-corrected chi connectivity index (χ2v) is 4.97. The average Bonchev–Trinajstić information content (AvgIpc) is 2.39. The molecule has 0 bridgehead atoms. The topological polar surface area (TPSA) is 68.7 Å². The van der Waals surface area contributed by atoms with Crippen LogP contribution in [0, 0.1) is 0 Å². The Hall–Kier alpha value is -1.82. The summed E-state index contributed by atoms with van der Waals surface area (Å²) in [6.07, 6.45) is 2.83. The quantitative estimate of drug-likeness (QED) is 0.840. The Morgan fingerprint density at radius 3 is 2.89 bits per heavy atom. The number of aliphatic hydroxyl groups excluding tert-OH is 1. The van der Waals surface area contributed by atoms with Crippen LogP contribution in [0.2, 0.25) is 0 Å². The number of nitrogens with one attached hydrogen (secondary N) is 1. The molecular formula is C13H20N4O2. The molecule has 0 spiro atoms. The second-order valence-electron chi connectivity index (χ2n) is 4.97. The van der Waals surface area contributed by atoms with Crippen molar-refractivity contribution >= 4 is 17.5 Å². The van der Waals surface area contributed by atoms with E-state index in [1.54, 1.807) is 11.1 Å². The lowest BCUT2D eigenvalue weighted by atomic mass is 10.1. The van der Waals surface area contributed by atoms with E-state index in [0.717, 1.165) is 18.7 Å². The number of urea groups is 1. The number of likely N-dealkylation sites (tertiary alicyclic amines) is 1. The predicted octanol–water partition coefficient (Wildman–Crippen LogP) is 1.14. The maximum atomic E-state index is 12.0. The van der Waals surface area contributed by atoms with Crippen LogP contribution in [0.4, 0.5) is 16.3 Å². The van der Waals surface area contributed by atoms with Gasteiger partial charge in [-0.25, -0.2) is 9.78 Å². The summed E-state index contributed by atoms with van der Waals surface area (Å²) in [6.45, 7) is 1.08. The van der Waals surface area contributed by atoms with Crippen LogP contribution in [0.25, 0.3) is 0 Å². The molecule has 6 nitrogen and oxygen atoms in total. The van der Waals surface area contributed by atoms with Gasteiger partial charge in [-0.1, -0.05) is 0 Å². The summed E-state index contributed by atoms with van der Waals surface area (Å²) in [5.41, 5.74) is 0.663. The summed E-state index contributed by atoms with van der Waals surface area (Å²) >= 11 is 0. The molecule has 1 aromatic heterocycles. The van der Waals surface area contributed by atoms with Crippen molar-refractivity contribution in [1.29, 1.82) is 0 Å². The van der Waals surface area contributed by atoms with Gasteiger partial charge in [0, 0.05) is 27.2 Å². The zero-order valence-electron chi connectivity index (χ0n) is 11.3. The fourth-order valence-electron chi connectivity index (χ4n) is 2.07. The lowest BCUT2D eigenvalue weighted by molar-refractivity contribution is 0.0883. The number of carbonyl (C=O) groups is 1. The van der Waals surface area contributed by atoms with Crippen LogP contribution in [-0.4, -0.2) is 54.3 Å². The van der Waals surface area contributed by atoms with E-state index in [4.69, 9.17) is 0 Å². The third kappa shape index (κ3) is 3.57. The van der Waals surface area contributed by atoms with Crippen LogP contribution in [-0.2, 0) is 0 Å². The van der Waals surface area contributed by atoms with Crippen molar-refractivity contribution in [2.45, 2.75) is 18.9 Å². The number of amides is 2. The Balaban J connectivity index is 1.94. The van der Waals surface area contributed by atoms with Gasteiger partial charge in [-0.05, 0) is 25.0 Å². The molecule has 104 valence electrons. The number of hydrogen-bond acceptors (Lipinski definition) is 4. The molecular weight excluding hydrogens is 244 g/mol. The van der Waals surface area contributed by atoms with Gasteiger partial charge in [0.25, 0.3) is 0 Å². The molecule has 1 atom stereocenters. The number of β-amino-alcohol motifs (C(OH)–C–C–N with tert-alkyl or cyclic N) is 1. The van der Waals surface area contributed by atoms with Crippen molar-refractivity contribution in [2.24, 2.45) is 0 Å². The van der Waals surface area contributed by atoms with Crippen molar-refractivity contribution in [3.8, 4) is 0 Å². The fraction of sp³-hybridized carbons (Fsp3) is 0.538. The van der Waals surface area contributed by atoms with Crippen molar-refractivity contribution < 1.29 is 9.90 Å². The minimum atomic E-state index is -0.409. The summed E-state index contributed by atoms with van der Waals surface area (Å²) in [4.78, 5) is 19.8. The molecule has 0 aliphatic carbocycles. The number of pyridine rings is 1. The maximum absolute atomic E-state index is 12.0. The molecule has 1 aliphatic rings. The molecule has 2 N–H and O–H groups in total. The molecule has 19 heavy (non-hydrogen) atoms. The van der Waals surface area contributed by atoms with Gasteiger partial charge in [-0.2, -0.15) is 0 Å². The third-order valence-corrected chi connectivity index (χ3v) is 3.14. The molecule has 2 rings (SSSR count). The molecule has 6 heteroatoms. The molecule has 1 fully saturated rings. The zero-order valence-corrected chi connectivity index (χ0v) is 11.3. The Kier molecular flexibility index (Phi) is 4.21. The first-order chi connectivity index (χ1) is 9.06. The number of hydrogen-bond donors (Lipinski definition) is 2. The van der Waals surface area contributed by atoms with Gasteiger partial charge in [-0.15, -0.1) is 0 Å². The Labute approximate surface area is 113 Å². The largest absolute Gasteiger partial charge is 0.391 e. The smallest absolute Gasteiger partial charge is 0.321 e. The number of aromatic nitrogens is 1. The van der Waals surface area contributed by atoms with E-state index in [-0.39, 0.29) is 6.03 Å². The lowest BCUT2D eigenvalue weighted by Gasteiger charge is -2.30. The molecule has 0 radical (unpaired) electrons. The number of nitrogens with zero attached hydrogens (tertiary/aromatic N) is 3. The summed E-state index contributed by atoms with van der Waals surface area (Å²) in [5.74, 6) is 0.839. The number of anilines is 2. The van der Waals surface area contributed by atoms with Gasteiger partial charge >= 0.3 is 6.03 Å². The summed E-state index contributed by atoms with van der Waals surface area (Å²) in [5, 5.41) is 12.3. The lowest BCUT2D eigenvalue weighted by Crippen LogP contribution is -2.44. The van der Waals surface area contributed by atoms with Gasteiger partial charge in [0.15, 0.2) is 0 Å². The fourth-order valence-corrected chi connectivity index (χ4v) is 2.07. The molecule has 2 heterocycles. The van der Waals surface area contributed by atoms with Crippen molar-refractivity contribution in [3.05, 3.63) is 18.3 Å². The van der Waals surface area contributed by atoms with Gasteiger partial charge in [0.1, 0.15) is 5.82 Å². The third-order valence-electron chi connectivity index (χ3n) is 3.14. The molecule has 0 aromatic carbocycles. The van der Waals surface area contributed by atoms with Crippen molar-refractivity contribution in [1.82, 2.24) is 9.88 Å². The first-order valence-corrected chi connectivity index (χ1v) is 6.43. The highest BCUT2D eigenvalue weighted by molar-refractivity contribution is 5.89. The first kappa shape index (κ1) is 13.6. The minimum absolute atomic E-state index is 0.182. The van der Waals surface area contributed by atoms with Crippen LogP contribution in [0.15, 0.2) is 18.3 Å². The normalized spacial score (nSPS) is 19.1. The Morgan fingerprint density at radius 2 is 2.32 bits per heavy atom. The summed E-state index contributed by atoms with van der Waals surface area (Å²) in [6, 6.07) is 3.49. The van der Waals surface area contributed by atoms with E-state index in [2.05, 4.69) is 10.3 Å². The van der Waals surface area contributed by atoms with E-state index < -0.39 is 6.10 Å². The van der Waals surface area contributed by atoms with Crippen LogP contribution in [0.5, 0.6) is 0 Å². The maximum Gasteiger partial charge on any atom is 0.321 e. The number of piperidine rings is 1. The minimum Gasteiger partial charge on any atom is -0.391 e. The molecule has 0 saturated carbocycles. The van der Waals surface area contributed by atoms with Gasteiger partial charge < -0.3 is 20.2 Å². The SMILES string of the molecule is CN(C)c1ccc(NC(=O)N2CCC[C@@H](O)C2)cn1. The molecule has 2 amide bonds. The first-order valence-electron chi connectivity index (χ1n) is 6.43. The molecule has 1 saturated heterocycles. The predicted molar refractivity (Wildman–Crippen MR) is 74.4 cm³/mol. The summed E-state index contributed by atoms with van der Waals surface area (Å²) in [7, 11) is 3.82. The average molecular weight is 264 g/mol. The zero-order chi connectivity index (χ0) is 13.8. The van der Waals surface area contributed by atoms with Crippen molar-refractivity contribution in [3.63, 3.8) is 0 Å². The number of rotatable bonds is 2. The van der Waals surface area contributed by atoms with Crippen molar-refractivity contribution in [2.75, 3.05) is 37.4 Å². The van der Waals surface area contributed by atoms with Gasteiger partial charge in [0.2, 0.25) is 0 Å². The highest BCUT2D eigenvalue weighted by Gasteiger charge is 2.21. The highest BCUT2D eigenvalue weighted by atomic mass is 16.3. The van der Waals surface area contributed by atoms with Crippen LogP contribution in [0.1, 0.15) is 12.8 Å². The van der Waals surface area contributed by atoms with Gasteiger partial charge in [0.05, 0.1) is 18.0 Å².